The van der Waals surface area contributed by atoms with Gasteiger partial charge in [-0.25, -0.2) is 0 Å². The van der Waals surface area contributed by atoms with E-state index in [4.69, 9.17) is 18.7 Å². The van der Waals surface area contributed by atoms with E-state index in [9.17, 15) is 0 Å². The minimum Gasteiger partial charge on any atom is -0.538 e. The highest BCUT2D eigenvalue weighted by atomic mass is 16.8. The first kappa shape index (κ1) is 17.9. The van der Waals surface area contributed by atoms with Crippen LogP contribution in [0.25, 0.3) is 0 Å². The average Bonchev–Trinajstić information content (AvgIpc) is 2.36. The third-order valence-corrected chi connectivity index (χ3v) is 2.70. The number of rotatable bonds is 8. The Balaban J connectivity index is 3.29. The molecule has 0 bridgehead atoms. The van der Waals surface area contributed by atoms with E-state index < -0.39 is 6.75 Å². The first-order valence-corrected chi connectivity index (χ1v) is 7.46. The van der Waals surface area contributed by atoms with Crippen LogP contribution < -0.4 is 10.3 Å². The number of nitrogens with zero attached hydrogens (tertiary/aromatic N) is 1. The topological polar surface area (TPSA) is 49.8 Å². The van der Waals surface area contributed by atoms with Crippen LogP contribution in [0.4, 0.5) is 0 Å². The van der Waals surface area contributed by atoms with Gasteiger partial charge in [0.1, 0.15) is 5.75 Å². The minimum absolute atomic E-state index is 0.0597. The molecule has 0 aliphatic heterocycles. The van der Waals surface area contributed by atoms with Crippen LogP contribution >= 0.6 is 0 Å². The molecule has 0 saturated carbocycles. The summed E-state index contributed by atoms with van der Waals surface area (Å²) in [6, 6.07) is 3.58. The molecule has 0 aliphatic carbocycles. The fourth-order valence-electron chi connectivity index (χ4n) is 2.13. The van der Waals surface area contributed by atoms with Crippen molar-refractivity contribution in [2.24, 2.45) is 0 Å². The van der Waals surface area contributed by atoms with E-state index in [1.54, 1.807) is 25.4 Å². The maximum absolute atomic E-state index is 6.05. The Hall–Kier alpha value is -1.11. The summed E-state index contributed by atoms with van der Waals surface area (Å²) in [6.07, 6.45) is 1.49. The van der Waals surface area contributed by atoms with E-state index in [0.717, 1.165) is 0 Å². The zero-order valence-electron chi connectivity index (χ0n) is 14.1. The number of ether oxygens (including phenoxy) is 1. The standard InChI is InChI=1S/C15H27BNO4/c1-11(2)19-16(20-12(3)4,21-13(5)6)15-10-14(18-7)8-9-17-15/h8-13H,1-7H3/q-1. The molecule has 0 fully saturated rings. The van der Waals surface area contributed by atoms with Gasteiger partial charge >= 0.3 is 6.75 Å². The monoisotopic (exact) mass is 296 g/mol. The van der Waals surface area contributed by atoms with Crippen LogP contribution in [0.1, 0.15) is 41.5 Å². The van der Waals surface area contributed by atoms with Gasteiger partial charge in [0, 0.05) is 24.5 Å². The van der Waals surface area contributed by atoms with E-state index in [0.29, 0.717) is 11.3 Å². The molecule has 0 atom stereocenters. The molecule has 1 aromatic rings. The lowest BCUT2D eigenvalue weighted by Crippen LogP contribution is -2.61. The van der Waals surface area contributed by atoms with Crippen LogP contribution in [0.2, 0.25) is 0 Å². The van der Waals surface area contributed by atoms with E-state index in [1.807, 2.05) is 41.5 Å². The largest absolute Gasteiger partial charge is 0.538 e. The van der Waals surface area contributed by atoms with Crippen molar-refractivity contribution in [3.05, 3.63) is 18.3 Å². The Morgan fingerprint density at radius 1 is 0.905 bits per heavy atom. The zero-order valence-corrected chi connectivity index (χ0v) is 14.1. The lowest BCUT2D eigenvalue weighted by molar-refractivity contribution is 0.0146. The molecule has 0 spiro atoms. The van der Waals surface area contributed by atoms with Crippen molar-refractivity contribution >= 4 is 12.3 Å². The van der Waals surface area contributed by atoms with Crippen molar-refractivity contribution in [3.63, 3.8) is 0 Å². The van der Waals surface area contributed by atoms with Crippen molar-refractivity contribution in [1.29, 1.82) is 0 Å². The fourth-order valence-corrected chi connectivity index (χ4v) is 2.13. The van der Waals surface area contributed by atoms with Gasteiger partial charge in [-0.15, -0.1) is 0 Å². The number of hydrogen-bond acceptors (Lipinski definition) is 5. The second-order valence-electron chi connectivity index (χ2n) is 5.82. The second kappa shape index (κ2) is 7.78. The quantitative estimate of drug-likeness (QED) is 0.690. The van der Waals surface area contributed by atoms with Crippen molar-refractivity contribution in [2.75, 3.05) is 7.11 Å². The van der Waals surface area contributed by atoms with Gasteiger partial charge in [0.2, 0.25) is 0 Å². The van der Waals surface area contributed by atoms with Crippen molar-refractivity contribution in [2.45, 2.75) is 59.9 Å². The predicted octanol–water partition coefficient (Wildman–Crippen LogP) is 2.51. The van der Waals surface area contributed by atoms with Crippen molar-refractivity contribution < 1.29 is 18.7 Å². The summed E-state index contributed by atoms with van der Waals surface area (Å²) in [6.45, 7) is 9.56. The van der Waals surface area contributed by atoms with Crippen LogP contribution in [0.3, 0.4) is 0 Å². The molecule has 1 aromatic heterocycles. The highest BCUT2D eigenvalue weighted by Crippen LogP contribution is 2.19. The molecule has 0 saturated heterocycles. The summed E-state index contributed by atoms with van der Waals surface area (Å²) in [5, 5.41) is 0. The van der Waals surface area contributed by atoms with Gasteiger partial charge in [-0.1, -0.05) is 0 Å². The summed E-state index contributed by atoms with van der Waals surface area (Å²) in [5.74, 6) is 0.693. The Morgan fingerprint density at radius 2 is 1.38 bits per heavy atom. The van der Waals surface area contributed by atoms with Gasteiger partial charge in [-0.3, -0.25) is 4.98 Å². The Labute approximate surface area is 128 Å². The molecular weight excluding hydrogens is 269 g/mol. The van der Waals surface area contributed by atoms with E-state index in [2.05, 4.69) is 4.98 Å². The van der Waals surface area contributed by atoms with Crippen LogP contribution in [-0.2, 0) is 14.0 Å². The maximum atomic E-state index is 6.05. The van der Waals surface area contributed by atoms with Crippen molar-refractivity contribution in [3.8, 4) is 5.75 Å². The highest BCUT2D eigenvalue weighted by Gasteiger charge is 2.36. The lowest BCUT2D eigenvalue weighted by atomic mass is 9.71. The molecule has 0 N–H and O–H groups in total. The summed E-state index contributed by atoms with van der Waals surface area (Å²) in [7, 11) is 1.61. The maximum Gasteiger partial charge on any atom is 0.428 e. The van der Waals surface area contributed by atoms with Gasteiger partial charge in [-0.05, 0) is 59.3 Å². The Bertz CT molecular complexity index is 411. The molecule has 0 radical (unpaired) electrons. The normalized spacial score (nSPS) is 12.5. The smallest absolute Gasteiger partial charge is 0.428 e. The molecule has 21 heavy (non-hydrogen) atoms. The average molecular weight is 296 g/mol. The van der Waals surface area contributed by atoms with Crippen LogP contribution in [0, 0.1) is 0 Å². The van der Waals surface area contributed by atoms with Crippen molar-refractivity contribution in [1.82, 2.24) is 4.98 Å². The fraction of sp³-hybridized carbons (Fsp3) is 0.667. The molecule has 120 valence electrons. The number of hydrogen-bond donors (Lipinski definition) is 0. The first-order valence-electron chi connectivity index (χ1n) is 7.46. The molecule has 0 aromatic carbocycles. The number of pyridine rings is 1. The molecule has 0 aliphatic rings. The number of aromatic nitrogens is 1. The molecule has 5 nitrogen and oxygen atoms in total. The minimum atomic E-state index is -2.13. The molecule has 0 unspecified atom stereocenters. The van der Waals surface area contributed by atoms with Gasteiger partial charge < -0.3 is 18.7 Å². The Morgan fingerprint density at radius 3 is 1.76 bits per heavy atom. The summed E-state index contributed by atoms with van der Waals surface area (Å²) in [5.41, 5.74) is 0.602. The molecule has 0 amide bonds. The van der Waals surface area contributed by atoms with E-state index in [-0.39, 0.29) is 18.3 Å². The molecular formula is C15H27BNO4-. The summed E-state index contributed by atoms with van der Waals surface area (Å²) in [4.78, 5) is 4.39. The third kappa shape index (κ3) is 5.30. The summed E-state index contributed by atoms with van der Waals surface area (Å²) >= 11 is 0. The van der Waals surface area contributed by atoms with Crippen LogP contribution in [-0.4, -0.2) is 37.2 Å². The van der Waals surface area contributed by atoms with Gasteiger partial charge in [0.15, 0.2) is 0 Å². The molecule has 6 heteroatoms. The molecule has 1 heterocycles. The van der Waals surface area contributed by atoms with E-state index in [1.165, 1.54) is 0 Å². The van der Waals surface area contributed by atoms with E-state index >= 15 is 0 Å². The SMILES string of the molecule is COc1ccnc([B-](OC(C)C)(OC(C)C)OC(C)C)c1. The first-order chi connectivity index (χ1) is 9.79. The van der Waals surface area contributed by atoms with Crippen LogP contribution in [0.15, 0.2) is 18.3 Å². The lowest BCUT2D eigenvalue weighted by Gasteiger charge is -2.45. The second-order valence-corrected chi connectivity index (χ2v) is 5.82. The van der Waals surface area contributed by atoms with Gasteiger partial charge in [-0.2, -0.15) is 0 Å². The van der Waals surface area contributed by atoms with Gasteiger partial charge in [0.25, 0.3) is 0 Å². The highest BCUT2D eigenvalue weighted by molar-refractivity contribution is 6.74. The van der Waals surface area contributed by atoms with Crippen LogP contribution in [0.5, 0.6) is 5.75 Å². The molecule has 1 rings (SSSR count). The zero-order chi connectivity index (χ0) is 16.0. The van der Waals surface area contributed by atoms with Gasteiger partial charge in [0.05, 0.1) is 7.11 Å². The third-order valence-electron chi connectivity index (χ3n) is 2.70. The Kier molecular flexibility index (Phi) is 6.64. The summed E-state index contributed by atoms with van der Waals surface area (Å²) < 4.78 is 23.4. The predicted molar refractivity (Wildman–Crippen MR) is 84.8 cm³/mol. The number of methoxy groups -OCH3 is 1.